The Morgan fingerprint density at radius 3 is 2.80 bits per heavy atom. The van der Waals surface area contributed by atoms with Crippen molar-refractivity contribution in [3.63, 3.8) is 0 Å². The molecule has 0 radical (unpaired) electrons. The highest BCUT2D eigenvalue weighted by Gasteiger charge is 2.28. The molecule has 1 aromatic carbocycles. The summed E-state index contributed by atoms with van der Waals surface area (Å²) in [5.74, 6) is -0.771. The first-order valence-electron chi connectivity index (χ1n) is 9.06. The summed E-state index contributed by atoms with van der Waals surface area (Å²) in [6.45, 7) is 7.78. The number of allylic oxidation sites excluding steroid dienone is 2. The zero-order valence-electron chi connectivity index (χ0n) is 15.2. The molecular formula is C21H28O4. The van der Waals surface area contributed by atoms with Crippen molar-refractivity contribution < 1.29 is 19.7 Å². The zero-order chi connectivity index (χ0) is 18.4. The second kappa shape index (κ2) is 8.75. The number of carboxylic acid groups (broad SMARTS) is 1. The van der Waals surface area contributed by atoms with E-state index in [-0.39, 0.29) is 17.2 Å². The number of aromatic carboxylic acids is 1. The third-order valence-electron chi connectivity index (χ3n) is 4.80. The Balaban J connectivity index is 2.57. The minimum Gasteiger partial charge on any atom is -0.507 e. The SMILES string of the molecule is C=COc1cc(CCCCC)c(C(=O)O)c(O)c1C1C=C(C)CCC1. The van der Waals surface area contributed by atoms with E-state index in [0.717, 1.165) is 38.5 Å². The van der Waals surface area contributed by atoms with E-state index in [1.54, 1.807) is 6.07 Å². The lowest BCUT2D eigenvalue weighted by Crippen LogP contribution is -2.10. The van der Waals surface area contributed by atoms with E-state index in [4.69, 9.17) is 4.74 Å². The summed E-state index contributed by atoms with van der Waals surface area (Å²) in [5, 5.41) is 20.5. The summed E-state index contributed by atoms with van der Waals surface area (Å²) < 4.78 is 5.57. The van der Waals surface area contributed by atoms with Gasteiger partial charge in [-0.3, -0.25) is 0 Å². The van der Waals surface area contributed by atoms with E-state index < -0.39 is 5.97 Å². The second-order valence-electron chi connectivity index (χ2n) is 6.73. The van der Waals surface area contributed by atoms with Crippen LogP contribution >= 0.6 is 0 Å². The van der Waals surface area contributed by atoms with Gasteiger partial charge in [0.1, 0.15) is 17.1 Å². The highest BCUT2D eigenvalue weighted by molar-refractivity contribution is 5.94. The number of ether oxygens (including phenoxy) is 1. The summed E-state index contributed by atoms with van der Waals surface area (Å²) >= 11 is 0. The van der Waals surface area contributed by atoms with E-state index >= 15 is 0 Å². The van der Waals surface area contributed by atoms with E-state index in [9.17, 15) is 15.0 Å². The number of carboxylic acids is 1. The van der Waals surface area contributed by atoms with Gasteiger partial charge in [-0.2, -0.15) is 0 Å². The number of hydrogen-bond acceptors (Lipinski definition) is 3. The van der Waals surface area contributed by atoms with Gasteiger partial charge in [0.15, 0.2) is 0 Å². The lowest BCUT2D eigenvalue weighted by atomic mass is 9.83. The number of phenols is 1. The van der Waals surface area contributed by atoms with Crippen LogP contribution in [0.3, 0.4) is 0 Å². The first-order valence-corrected chi connectivity index (χ1v) is 9.06. The van der Waals surface area contributed by atoms with Crippen molar-refractivity contribution in [3.8, 4) is 11.5 Å². The number of unbranched alkanes of at least 4 members (excludes halogenated alkanes) is 2. The van der Waals surface area contributed by atoms with Gasteiger partial charge in [0.05, 0.1) is 6.26 Å². The minimum atomic E-state index is -1.09. The van der Waals surface area contributed by atoms with Gasteiger partial charge in [-0.05, 0) is 50.7 Å². The van der Waals surface area contributed by atoms with Crippen molar-refractivity contribution in [1.82, 2.24) is 0 Å². The highest BCUT2D eigenvalue weighted by Crippen LogP contribution is 2.44. The predicted molar refractivity (Wildman–Crippen MR) is 99.5 cm³/mol. The maximum Gasteiger partial charge on any atom is 0.339 e. The standard InChI is InChI=1S/C21H28O4/c1-4-6-7-10-16-13-17(25-5-2)18(20(22)19(16)21(23)24)15-11-8-9-14(3)12-15/h5,12-13,15,22H,2,4,6-11H2,1,3H3,(H,23,24). The van der Waals surface area contributed by atoms with Crippen LogP contribution in [0.4, 0.5) is 0 Å². The molecule has 1 aliphatic rings. The fourth-order valence-corrected chi connectivity index (χ4v) is 3.60. The molecule has 0 heterocycles. The molecule has 2 N–H and O–H groups in total. The minimum absolute atomic E-state index is 0.0131. The number of benzene rings is 1. The van der Waals surface area contributed by atoms with Gasteiger partial charge in [-0.15, -0.1) is 0 Å². The number of rotatable bonds is 8. The third kappa shape index (κ3) is 4.44. The molecule has 1 aromatic rings. The molecular weight excluding hydrogens is 316 g/mol. The molecule has 0 amide bonds. The van der Waals surface area contributed by atoms with E-state index in [1.165, 1.54) is 11.8 Å². The quantitative estimate of drug-likeness (QED) is 0.368. The molecule has 0 spiro atoms. The van der Waals surface area contributed by atoms with Crippen molar-refractivity contribution in [2.24, 2.45) is 0 Å². The van der Waals surface area contributed by atoms with Gasteiger partial charge in [-0.25, -0.2) is 4.79 Å². The van der Waals surface area contributed by atoms with Crippen LogP contribution in [0, 0.1) is 0 Å². The first-order chi connectivity index (χ1) is 12.0. The molecule has 0 aromatic heterocycles. The molecule has 1 unspecified atom stereocenters. The van der Waals surface area contributed by atoms with Crippen molar-refractivity contribution in [2.45, 2.75) is 64.7 Å². The molecule has 136 valence electrons. The van der Waals surface area contributed by atoms with E-state index in [1.807, 2.05) is 0 Å². The highest BCUT2D eigenvalue weighted by atomic mass is 16.5. The Hall–Kier alpha value is -2.23. The summed E-state index contributed by atoms with van der Waals surface area (Å²) in [7, 11) is 0. The van der Waals surface area contributed by atoms with Crippen LogP contribution < -0.4 is 4.74 Å². The molecule has 2 rings (SSSR count). The summed E-state index contributed by atoms with van der Waals surface area (Å²) in [5.41, 5.74) is 2.45. The van der Waals surface area contributed by atoms with Gasteiger partial charge in [0, 0.05) is 11.5 Å². The normalized spacial score (nSPS) is 17.0. The van der Waals surface area contributed by atoms with Crippen molar-refractivity contribution in [1.29, 1.82) is 0 Å². The van der Waals surface area contributed by atoms with Crippen LogP contribution in [0.25, 0.3) is 0 Å². The predicted octanol–water partition coefficient (Wildman–Crippen LogP) is 5.56. The van der Waals surface area contributed by atoms with Crippen LogP contribution in [0.1, 0.15) is 79.8 Å². The second-order valence-corrected chi connectivity index (χ2v) is 6.73. The number of aryl methyl sites for hydroxylation is 1. The Morgan fingerprint density at radius 2 is 2.20 bits per heavy atom. The Morgan fingerprint density at radius 1 is 1.44 bits per heavy atom. The monoisotopic (exact) mass is 344 g/mol. The Labute approximate surface area is 149 Å². The molecule has 0 bridgehead atoms. The lowest BCUT2D eigenvalue weighted by Gasteiger charge is -2.24. The maximum atomic E-state index is 11.8. The van der Waals surface area contributed by atoms with Gasteiger partial charge < -0.3 is 14.9 Å². The lowest BCUT2D eigenvalue weighted by molar-refractivity contribution is 0.0692. The number of hydrogen-bond donors (Lipinski definition) is 2. The summed E-state index contributed by atoms with van der Waals surface area (Å²) in [6.07, 6.45) is 9.91. The largest absolute Gasteiger partial charge is 0.507 e. The summed E-state index contributed by atoms with van der Waals surface area (Å²) in [4.78, 5) is 11.8. The number of aromatic hydroxyl groups is 1. The average molecular weight is 344 g/mol. The molecule has 0 fully saturated rings. The molecule has 0 aliphatic heterocycles. The smallest absolute Gasteiger partial charge is 0.339 e. The Bertz CT molecular complexity index is 673. The third-order valence-corrected chi connectivity index (χ3v) is 4.80. The van der Waals surface area contributed by atoms with E-state index in [0.29, 0.717) is 23.3 Å². The Kier molecular flexibility index (Phi) is 6.68. The fraction of sp³-hybridized carbons (Fsp3) is 0.476. The van der Waals surface area contributed by atoms with Crippen LogP contribution in [0.5, 0.6) is 11.5 Å². The molecule has 0 saturated heterocycles. The number of carbonyl (C=O) groups is 1. The van der Waals surface area contributed by atoms with Crippen LogP contribution in [0.2, 0.25) is 0 Å². The van der Waals surface area contributed by atoms with Crippen molar-refractivity contribution in [3.05, 3.63) is 47.2 Å². The van der Waals surface area contributed by atoms with Gasteiger partial charge in [0.2, 0.25) is 0 Å². The van der Waals surface area contributed by atoms with Crippen LogP contribution in [-0.4, -0.2) is 16.2 Å². The van der Waals surface area contributed by atoms with Gasteiger partial charge in [-0.1, -0.05) is 38.0 Å². The molecule has 4 heteroatoms. The fourth-order valence-electron chi connectivity index (χ4n) is 3.60. The maximum absolute atomic E-state index is 11.8. The van der Waals surface area contributed by atoms with Crippen LogP contribution in [-0.2, 0) is 6.42 Å². The van der Waals surface area contributed by atoms with Crippen LogP contribution in [0.15, 0.2) is 30.6 Å². The van der Waals surface area contributed by atoms with Crippen molar-refractivity contribution in [2.75, 3.05) is 0 Å². The molecule has 4 nitrogen and oxygen atoms in total. The molecule has 1 atom stereocenters. The van der Waals surface area contributed by atoms with Gasteiger partial charge in [0.25, 0.3) is 0 Å². The summed E-state index contributed by atoms with van der Waals surface area (Å²) in [6, 6.07) is 1.77. The zero-order valence-corrected chi connectivity index (χ0v) is 15.2. The first kappa shape index (κ1) is 19.1. The topological polar surface area (TPSA) is 66.8 Å². The molecule has 25 heavy (non-hydrogen) atoms. The average Bonchev–Trinajstić information content (AvgIpc) is 2.55. The van der Waals surface area contributed by atoms with Crippen molar-refractivity contribution >= 4 is 5.97 Å². The van der Waals surface area contributed by atoms with Gasteiger partial charge >= 0.3 is 5.97 Å². The molecule has 1 aliphatic carbocycles. The molecule has 0 saturated carbocycles. The van der Waals surface area contributed by atoms with E-state index in [2.05, 4.69) is 26.5 Å².